The van der Waals surface area contributed by atoms with Crippen LogP contribution in [0, 0.1) is 12.7 Å². The second kappa shape index (κ2) is 8.46. The van der Waals surface area contributed by atoms with Crippen molar-refractivity contribution in [3.63, 3.8) is 0 Å². The third-order valence-electron chi connectivity index (χ3n) is 4.75. The Balaban J connectivity index is 2.02. The largest absolute Gasteiger partial charge is 0.495 e. The number of benzene rings is 1. The zero-order valence-electron chi connectivity index (χ0n) is 16.5. The molecule has 1 aromatic carbocycles. The Kier molecular flexibility index (Phi) is 6.18. The Bertz CT molecular complexity index is 994. The number of hydrogen-bond acceptors (Lipinski definition) is 7. The van der Waals surface area contributed by atoms with Gasteiger partial charge in [0.2, 0.25) is 15.9 Å². The van der Waals surface area contributed by atoms with E-state index in [1.165, 1.54) is 17.5 Å². The van der Waals surface area contributed by atoms with E-state index in [0.717, 1.165) is 12.1 Å². The van der Waals surface area contributed by atoms with Crippen LogP contribution in [0.15, 0.2) is 27.6 Å². The first-order valence-electron chi connectivity index (χ1n) is 9.21. The molecule has 1 atom stereocenters. The first-order valence-corrected chi connectivity index (χ1v) is 10.6. The van der Waals surface area contributed by atoms with Crippen LogP contribution in [0.2, 0.25) is 0 Å². The van der Waals surface area contributed by atoms with E-state index in [9.17, 15) is 17.6 Å². The number of rotatable bonds is 5. The molecule has 1 aliphatic rings. The minimum atomic E-state index is -4.10. The van der Waals surface area contributed by atoms with E-state index in [-0.39, 0.29) is 42.0 Å². The van der Waals surface area contributed by atoms with Crippen LogP contribution in [0.1, 0.15) is 37.5 Å². The summed E-state index contributed by atoms with van der Waals surface area (Å²) in [4.78, 5) is 18.0. The molecule has 0 radical (unpaired) electrons. The molecule has 11 heteroatoms. The predicted octanol–water partition coefficient (Wildman–Crippen LogP) is 1.90. The lowest BCUT2D eigenvalue weighted by molar-refractivity contribution is -0.133. The van der Waals surface area contributed by atoms with E-state index < -0.39 is 21.9 Å². The zero-order chi connectivity index (χ0) is 21.2. The number of aromatic nitrogens is 2. The maximum atomic E-state index is 13.8. The summed E-state index contributed by atoms with van der Waals surface area (Å²) in [6.45, 7) is 3.77. The first kappa shape index (κ1) is 21.2. The van der Waals surface area contributed by atoms with Crippen LogP contribution < -0.4 is 4.74 Å². The maximum absolute atomic E-state index is 13.8. The molecule has 158 valence electrons. The SMILES string of the molecule is CCC(=O)N1CCCN(S(=O)(=O)c2cc(F)ccc2OC)CC1c1nc(C)no1. The number of halogens is 1. The van der Waals surface area contributed by atoms with Gasteiger partial charge in [0.15, 0.2) is 5.82 Å². The number of nitrogens with zero attached hydrogens (tertiary/aromatic N) is 4. The molecule has 2 aromatic rings. The number of methoxy groups -OCH3 is 1. The molecule has 2 heterocycles. The van der Waals surface area contributed by atoms with Crippen molar-refractivity contribution in [2.75, 3.05) is 26.7 Å². The van der Waals surface area contributed by atoms with Crippen molar-refractivity contribution >= 4 is 15.9 Å². The highest BCUT2D eigenvalue weighted by atomic mass is 32.2. The van der Waals surface area contributed by atoms with Gasteiger partial charge in [-0.2, -0.15) is 9.29 Å². The van der Waals surface area contributed by atoms with Gasteiger partial charge in [0.1, 0.15) is 22.5 Å². The Morgan fingerprint density at radius 1 is 1.38 bits per heavy atom. The van der Waals surface area contributed by atoms with Crippen molar-refractivity contribution in [2.45, 2.75) is 37.6 Å². The molecule has 0 saturated carbocycles. The summed E-state index contributed by atoms with van der Waals surface area (Å²) in [5, 5.41) is 3.76. The Morgan fingerprint density at radius 3 is 2.76 bits per heavy atom. The van der Waals surface area contributed by atoms with Crippen molar-refractivity contribution in [2.24, 2.45) is 0 Å². The Morgan fingerprint density at radius 2 is 2.14 bits per heavy atom. The van der Waals surface area contributed by atoms with Gasteiger partial charge in [-0.1, -0.05) is 12.1 Å². The van der Waals surface area contributed by atoms with Crippen LogP contribution in [-0.4, -0.2) is 60.4 Å². The van der Waals surface area contributed by atoms with Gasteiger partial charge in [-0.05, 0) is 31.5 Å². The molecule has 9 nitrogen and oxygen atoms in total. The highest BCUT2D eigenvalue weighted by Gasteiger charge is 2.38. The van der Waals surface area contributed by atoms with E-state index >= 15 is 0 Å². The number of carbonyl (C=O) groups is 1. The van der Waals surface area contributed by atoms with Gasteiger partial charge < -0.3 is 14.2 Å². The molecular formula is C18H23FN4O5S. The van der Waals surface area contributed by atoms with Crippen molar-refractivity contribution in [3.05, 3.63) is 35.7 Å². The third kappa shape index (κ3) is 4.25. The van der Waals surface area contributed by atoms with Crippen LogP contribution in [-0.2, 0) is 14.8 Å². The van der Waals surface area contributed by atoms with Gasteiger partial charge in [-0.25, -0.2) is 12.8 Å². The number of carbonyl (C=O) groups excluding carboxylic acids is 1. The topological polar surface area (TPSA) is 106 Å². The van der Waals surface area contributed by atoms with Crippen LogP contribution in [0.3, 0.4) is 0 Å². The molecule has 0 aliphatic carbocycles. The summed E-state index contributed by atoms with van der Waals surface area (Å²) in [5.41, 5.74) is 0. The molecule has 1 amide bonds. The average Bonchev–Trinajstić information content (AvgIpc) is 3.00. The van der Waals surface area contributed by atoms with Gasteiger partial charge in [0.05, 0.1) is 7.11 Å². The average molecular weight is 426 g/mol. The highest BCUT2D eigenvalue weighted by Crippen LogP contribution is 2.32. The first-order chi connectivity index (χ1) is 13.8. The van der Waals surface area contributed by atoms with E-state index in [1.807, 2.05) is 0 Å². The fraction of sp³-hybridized carbons (Fsp3) is 0.500. The molecule has 1 fully saturated rings. The maximum Gasteiger partial charge on any atom is 0.250 e. The monoisotopic (exact) mass is 426 g/mol. The van der Waals surface area contributed by atoms with Crippen LogP contribution >= 0.6 is 0 Å². The van der Waals surface area contributed by atoms with Gasteiger partial charge in [0, 0.05) is 26.1 Å². The van der Waals surface area contributed by atoms with Crippen LogP contribution in [0.25, 0.3) is 0 Å². The van der Waals surface area contributed by atoms with Crippen molar-refractivity contribution in [3.8, 4) is 5.75 Å². The smallest absolute Gasteiger partial charge is 0.250 e. The van der Waals surface area contributed by atoms with Crippen LogP contribution in [0.5, 0.6) is 5.75 Å². The second-order valence-corrected chi connectivity index (χ2v) is 8.55. The molecule has 1 saturated heterocycles. The summed E-state index contributed by atoms with van der Waals surface area (Å²) >= 11 is 0. The molecule has 3 rings (SSSR count). The fourth-order valence-corrected chi connectivity index (χ4v) is 4.98. The van der Waals surface area contributed by atoms with E-state index in [0.29, 0.717) is 18.8 Å². The number of sulfonamides is 1. The molecule has 0 N–H and O–H groups in total. The lowest BCUT2D eigenvalue weighted by Crippen LogP contribution is -2.40. The van der Waals surface area contributed by atoms with E-state index in [2.05, 4.69) is 10.1 Å². The Labute approximate surface area is 168 Å². The van der Waals surface area contributed by atoms with Gasteiger partial charge in [-0.15, -0.1) is 0 Å². The summed E-state index contributed by atoms with van der Waals surface area (Å²) in [6.07, 6.45) is 0.667. The molecule has 0 bridgehead atoms. The van der Waals surface area contributed by atoms with Gasteiger partial charge >= 0.3 is 0 Å². The molecule has 1 unspecified atom stereocenters. The van der Waals surface area contributed by atoms with E-state index in [1.54, 1.807) is 18.7 Å². The molecule has 29 heavy (non-hydrogen) atoms. The van der Waals surface area contributed by atoms with Crippen molar-refractivity contribution in [1.82, 2.24) is 19.3 Å². The fourth-order valence-electron chi connectivity index (χ4n) is 3.33. The molecule has 1 aliphatic heterocycles. The number of amides is 1. The summed E-state index contributed by atoms with van der Waals surface area (Å²) < 4.78 is 52.0. The Hall–Kier alpha value is -2.53. The minimum Gasteiger partial charge on any atom is -0.495 e. The summed E-state index contributed by atoms with van der Waals surface area (Å²) in [7, 11) is -2.78. The number of ether oxygens (including phenoxy) is 1. The quantitative estimate of drug-likeness (QED) is 0.719. The van der Waals surface area contributed by atoms with Crippen LogP contribution in [0.4, 0.5) is 4.39 Å². The highest BCUT2D eigenvalue weighted by molar-refractivity contribution is 7.89. The normalized spacial score (nSPS) is 18.5. The zero-order valence-corrected chi connectivity index (χ0v) is 17.3. The standard InChI is InChI=1S/C18H23FN4O5S/c1-4-17(24)23-9-5-8-22(11-14(23)18-20-12(2)21-28-18)29(25,26)16-10-13(19)6-7-15(16)27-3/h6-7,10,14H,4-5,8-9,11H2,1-3H3. The lowest BCUT2D eigenvalue weighted by Gasteiger charge is -2.29. The predicted molar refractivity (Wildman–Crippen MR) is 100 cm³/mol. The van der Waals surface area contributed by atoms with Gasteiger partial charge in [-0.3, -0.25) is 4.79 Å². The number of hydrogen-bond donors (Lipinski definition) is 0. The van der Waals surface area contributed by atoms with Crippen molar-refractivity contribution in [1.29, 1.82) is 0 Å². The molecule has 1 aromatic heterocycles. The molecular weight excluding hydrogens is 403 g/mol. The van der Waals surface area contributed by atoms with Gasteiger partial charge in [0.25, 0.3) is 5.89 Å². The molecule has 0 spiro atoms. The van der Waals surface area contributed by atoms with Crippen molar-refractivity contribution < 1.29 is 26.9 Å². The van der Waals surface area contributed by atoms with E-state index in [4.69, 9.17) is 9.26 Å². The second-order valence-electron chi connectivity index (χ2n) is 6.65. The third-order valence-corrected chi connectivity index (χ3v) is 6.64. The lowest BCUT2D eigenvalue weighted by atomic mass is 10.2. The minimum absolute atomic E-state index is 0.0438. The summed E-state index contributed by atoms with van der Waals surface area (Å²) in [6, 6.07) is 2.60. The number of aryl methyl sites for hydroxylation is 1. The summed E-state index contributed by atoms with van der Waals surface area (Å²) in [5.74, 6) is -0.242.